The number of hydrogen-bond acceptors (Lipinski definition) is 5. The molecule has 1 aliphatic rings. The predicted octanol–water partition coefficient (Wildman–Crippen LogP) is 4.08. The van der Waals surface area contributed by atoms with E-state index in [1.165, 1.54) is 5.56 Å². The lowest BCUT2D eigenvalue weighted by Crippen LogP contribution is -2.28. The number of hydrogen-bond donors (Lipinski definition) is 1. The topological polar surface area (TPSA) is 71.1 Å². The maximum Gasteiger partial charge on any atom is 0.262 e. The number of pyridine rings is 1. The molecule has 2 aromatic carbocycles. The van der Waals surface area contributed by atoms with Crippen molar-refractivity contribution in [3.05, 3.63) is 76.7 Å². The second-order valence-electron chi connectivity index (χ2n) is 7.23. The van der Waals surface area contributed by atoms with Gasteiger partial charge in [-0.15, -0.1) is 0 Å². The normalized spacial score (nSPS) is 15.5. The maximum atomic E-state index is 13.1. The number of nitrogens with one attached hydrogen (secondary N) is 1. The molecular weight excluding hydrogens is 364 g/mol. The highest BCUT2D eigenvalue weighted by atomic mass is 16.5. The van der Waals surface area contributed by atoms with Gasteiger partial charge in [-0.25, -0.2) is 4.98 Å². The highest BCUT2D eigenvalue weighted by Gasteiger charge is 2.29. The minimum atomic E-state index is -0.201. The number of methoxy groups -OCH3 is 1. The molecule has 144 valence electrons. The fraction of sp³-hybridized carbons (Fsp3) is 0.174. The zero-order valence-corrected chi connectivity index (χ0v) is 16.2. The Morgan fingerprint density at radius 1 is 1.14 bits per heavy atom. The van der Waals surface area contributed by atoms with Crippen LogP contribution in [0.2, 0.25) is 0 Å². The van der Waals surface area contributed by atoms with Crippen molar-refractivity contribution >= 4 is 22.7 Å². The monoisotopic (exact) mass is 384 g/mol. The molecule has 5 rings (SSSR count). The summed E-state index contributed by atoms with van der Waals surface area (Å²) in [6.07, 6.45) is 2.60. The quantitative estimate of drug-likeness (QED) is 0.576. The van der Waals surface area contributed by atoms with Gasteiger partial charge in [-0.3, -0.25) is 9.78 Å². The largest absolute Gasteiger partial charge is 0.497 e. The average molecular weight is 384 g/mol. The zero-order chi connectivity index (χ0) is 20.0. The van der Waals surface area contributed by atoms with Crippen LogP contribution in [-0.4, -0.2) is 28.1 Å². The first-order valence-electron chi connectivity index (χ1n) is 9.56. The molecule has 0 radical (unpaired) electrons. The van der Waals surface area contributed by atoms with E-state index in [9.17, 15) is 4.79 Å². The molecule has 29 heavy (non-hydrogen) atoms. The Balaban J connectivity index is 1.68. The third-order valence-electron chi connectivity index (χ3n) is 5.41. The molecule has 1 N–H and O–H groups in total. The lowest BCUT2D eigenvalue weighted by atomic mass is 10.0. The average Bonchev–Trinajstić information content (AvgIpc) is 3.09. The second kappa shape index (κ2) is 6.74. The molecule has 2 aromatic heterocycles. The number of aromatic nitrogens is 3. The van der Waals surface area contributed by atoms with Gasteiger partial charge < -0.3 is 9.64 Å². The van der Waals surface area contributed by atoms with Gasteiger partial charge in [0.15, 0.2) is 5.65 Å². The van der Waals surface area contributed by atoms with Crippen molar-refractivity contribution in [1.82, 2.24) is 15.0 Å². The highest BCUT2D eigenvalue weighted by Crippen LogP contribution is 2.36. The Morgan fingerprint density at radius 3 is 2.86 bits per heavy atom. The van der Waals surface area contributed by atoms with Crippen molar-refractivity contribution < 1.29 is 4.74 Å². The lowest BCUT2D eigenvalue weighted by Gasteiger charge is -2.23. The third kappa shape index (κ3) is 2.84. The van der Waals surface area contributed by atoms with Crippen LogP contribution in [0.1, 0.15) is 12.5 Å². The summed E-state index contributed by atoms with van der Waals surface area (Å²) in [6, 6.07) is 17.9. The number of aromatic amines is 1. The van der Waals surface area contributed by atoms with E-state index in [0.717, 1.165) is 29.0 Å². The Hall–Kier alpha value is -3.67. The van der Waals surface area contributed by atoms with Crippen LogP contribution in [0.25, 0.3) is 22.2 Å². The van der Waals surface area contributed by atoms with Gasteiger partial charge in [-0.2, -0.15) is 4.98 Å². The van der Waals surface area contributed by atoms with Crippen molar-refractivity contribution in [3.8, 4) is 16.9 Å². The van der Waals surface area contributed by atoms with Gasteiger partial charge in [0.2, 0.25) is 5.95 Å². The first kappa shape index (κ1) is 17.4. The van der Waals surface area contributed by atoms with Gasteiger partial charge in [0, 0.05) is 17.9 Å². The molecule has 1 unspecified atom stereocenters. The molecule has 0 fully saturated rings. The number of benzene rings is 2. The van der Waals surface area contributed by atoms with Crippen molar-refractivity contribution in [2.24, 2.45) is 0 Å². The standard InChI is InChI=1S/C23H20N4O2/c1-14-12-16-6-3-4-9-19(16)27(14)23-25-21-20(22(28)26-23)18(10-11-24-21)15-7-5-8-17(13-15)29-2/h3-11,13-14H,12H2,1-2H3,(H,24,25,26,28). The molecule has 6 nitrogen and oxygen atoms in total. The van der Waals surface area contributed by atoms with E-state index in [0.29, 0.717) is 17.0 Å². The number of H-pyrrole nitrogens is 1. The number of ether oxygens (including phenoxy) is 1. The molecule has 4 aromatic rings. The highest BCUT2D eigenvalue weighted by molar-refractivity contribution is 5.92. The van der Waals surface area contributed by atoms with Crippen molar-refractivity contribution in [1.29, 1.82) is 0 Å². The SMILES string of the molecule is COc1cccc(-c2ccnc3nc(N4c5ccccc5CC4C)[nH]c(=O)c23)c1. The van der Waals surface area contributed by atoms with Gasteiger partial charge >= 0.3 is 0 Å². The van der Waals surface area contributed by atoms with Crippen LogP contribution >= 0.6 is 0 Å². The molecule has 3 heterocycles. The predicted molar refractivity (Wildman–Crippen MR) is 114 cm³/mol. The number of nitrogens with zero attached hydrogens (tertiary/aromatic N) is 3. The van der Waals surface area contributed by atoms with Crippen LogP contribution in [0.5, 0.6) is 5.75 Å². The lowest BCUT2D eigenvalue weighted by molar-refractivity contribution is 0.415. The second-order valence-corrected chi connectivity index (χ2v) is 7.23. The summed E-state index contributed by atoms with van der Waals surface area (Å²) in [5.41, 5.74) is 4.22. The molecule has 0 spiro atoms. The number of para-hydroxylation sites is 1. The van der Waals surface area contributed by atoms with E-state index in [1.54, 1.807) is 13.3 Å². The third-order valence-corrected chi connectivity index (χ3v) is 5.41. The van der Waals surface area contributed by atoms with E-state index < -0.39 is 0 Å². The Kier molecular flexibility index (Phi) is 4.05. The van der Waals surface area contributed by atoms with E-state index >= 15 is 0 Å². The van der Waals surface area contributed by atoms with E-state index in [2.05, 4.69) is 33.9 Å². The van der Waals surface area contributed by atoms with Gasteiger partial charge in [0.05, 0.1) is 12.5 Å². The molecule has 0 bridgehead atoms. The fourth-order valence-electron chi connectivity index (χ4n) is 4.09. The zero-order valence-electron chi connectivity index (χ0n) is 16.2. The molecule has 6 heteroatoms. The summed E-state index contributed by atoms with van der Waals surface area (Å²) >= 11 is 0. The molecule has 0 amide bonds. The minimum absolute atomic E-state index is 0.201. The van der Waals surface area contributed by atoms with E-state index in [-0.39, 0.29) is 11.6 Å². The van der Waals surface area contributed by atoms with E-state index in [4.69, 9.17) is 9.72 Å². The molecule has 0 aliphatic carbocycles. The van der Waals surface area contributed by atoms with Gasteiger partial charge in [-0.1, -0.05) is 30.3 Å². The van der Waals surface area contributed by atoms with Crippen molar-refractivity contribution in [3.63, 3.8) is 0 Å². The summed E-state index contributed by atoms with van der Waals surface area (Å²) in [6.45, 7) is 2.13. The molecule has 0 saturated carbocycles. The molecule has 1 aliphatic heterocycles. The molecule has 1 atom stereocenters. The first-order valence-corrected chi connectivity index (χ1v) is 9.56. The Labute approximate surface area is 167 Å². The van der Waals surface area contributed by atoms with Gasteiger partial charge in [0.1, 0.15) is 5.75 Å². The summed E-state index contributed by atoms with van der Waals surface area (Å²) in [7, 11) is 1.62. The summed E-state index contributed by atoms with van der Waals surface area (Å²) in [5.74, 6) is 1.26. The summed E-state index contributed by atoms with van der Waals surface area (Å²) in [5, 5.41) is 0.477. The Bertz CT molecular complexity index is 1280. The van der Waals surface area contributed by atoms with Crippen LogP contribution < -0.4 is 15.2 Å². The maximum absolute atomic E-state index is 13.1. The van der Waals surface area contributed by atoms with Gasteiger partial charge in [-0.05, 0) is 54.3 Å². The van der Waals surface area contributed by atoms with Crippen LogP contribution in [-0.2, 0) is 6.42 Å². The smallest absolute Gasteiger partial charge is 0.262 e. The number of rotatable bonds is 3. The number of anilines is 2. The van der Waals surface area contributed by atoms with Gasteiger partial charge in [0.25, 0.3) is 5.56 Å². The number of fused-ring (bicyclic) bond motifs is 2. The summed E-state index contributed by atoms with van der Waals surface area (Å²) in [4.78, 5) is 27.3. The van der Waals surface area contributed by atoms with Crippen LogP contribution in [0, 0.1) is 0 Å². The van der Waals surface area contributed by atoms with Crippen molar-refractivity contribution in [2.75, 3.05) is 12.0 Å². The van der Waals surface area contributed by atoms with Crippen LogP contribution in [0.3, 0.4) is 0 Å². The van der Waals surface area contributed by atoms with E-state index in [1.807, 2.05) is 42.5 Å². The molecular formula is C23H20N4O2. The Morgan fingerprint density at radius 2 is 2.00 bits per heavy atom. The fourth-order valence-corrected chi connectivity index (χ4v) is 4.09. The van der Waals surface area contributed by atoms with Crippen LogP contribution in [0.4, 0.5) is 11.6 Å². The minimum Gasteiger partial charge on any atom is -0.497 e. The first-order chi connectivity index (χ1) is 14.2. The summed E-state index contributed by atoms with van der Waals surface area (Å²) < 4.78 is 5.33. The molecule has 0 saturated heterocycles. The van der Waals surface area contributed by atoms with Crippen LogP contribution in [0.15, 0.2) is 65.6 Å². The van der Waals surface area contributed by atoms with Crippen molar-refractivity contribution in [2.45, 2.75) is 19.4 Å².